The van der Waals surface area contributed by atoms with Crippen LogP contribution < -0.4 is 20.1 Å². The van der Waals surface area contributed by atoms with Gasteiger partial charge in [-0.25, -0.2) is 0 Å². The number of halogens is 3. The second kappa shape index (κ2) is 12.1. The Morgan fingerprint density at radius 3 is 2.42 bits per heavy atom. The fourth-order valence-corrected chi connectivity index (χ4v) is 3.95. The third-order valence-corrected chi connectivity index (χ3v) is 6.02. The third kappa shape index (κ3) is 7.23. The van der Waals surface area contributed by atoms with Crippen molar-refractivity contribution >= 4 is 50.5 Å². The molecule has 0 atom stereocenters. The summed E-state index contributed by atoms with van der Waals surface area (Å²) in [5, 5.41) is 18.3. The lowest BCUT2D eigenvalue weighted by Gasteiger charge is -2.15. The molecule has 0 bridgehead atoms. The predicted octanol–water partition coefficient (Wildman–Crippen LogP) is 6.45. The molecule has 33 heavy (non-hydrogen) atoms. The first-order valence-corrected chi connectivity index (χ1v) is 11.5. The number of rotatable bonds is 11. The number of methoxy groups -OCH3 is 1. The second-order valence-electron chi connectivity index (χ2n) is 7.05. The number of nitrogens with zero attached hydrogens (tertiary/aromatic N) is 1. The van der Waals surface area contributed by atoms with Gasteiger partial charge in [0, 0.05) is 37.5 Å². The molecule has 0 heterocycles. The van der Waals surface area contributed by atoms with Crippen LogP contribution in [0.3, 0.4) is 0 Å². The highest BCUT2D eigenvalue weighted by Crippen LogP contribution is 2.37. The molecule has 7 nitrogen and oxygen atoms in total. The van der Waals surface area contributed by atoms with Crippen LogP contribution in [0.2, 0.25) is 10.0 Å². The van der Waals surface area contributed by atoms with Crippen molar-refractivity contribution in [3.8, 4) is 11.5 Å². The maximum absolute atomic E-state index is 10.7. The zero-order valence-electron chi connectivity index (χ0n) is 17.7. The first kappa shape index (κ1) is 25.1. The average Bonchev–Trinajstić information content (AvgIpc) is 2.80. The van der Waals surface area contributed by atoms with E-state index in [0.717, 1.165) is 21.3 Å². The maximum Gasteiger partial charge on any atom is 0.269 e. The SMILES string of the molecule is COc1cc(CNCCNc2ccc([N+](=O)[O-])cc2)cc(Br)c1OCc1ccc(Cl)c(Cl)c1. The standard InChI is InChI=1S/C23H22BrCl2N3O4/c1-32-22-12-16(13-27-8-9-28-17-3-5-18(6-4-17)29(30)31)10-19(24)23(22)33-14-15-2-7-20(25)21(26)11-15/h2-7,10-12,27-28H,8-9,13-14H2,1H3. The summed E-state index contributed by atoms with van der Waals surface area (Å²) in [6.45, 7) is 2.31. The van der Waals surface area contributed by atoms with Crippen molar-refractivity contribution in [2.24, 2.45) is 0 Å². The quantitative estimate of drug-likeness (QED) is 0.161. The predicted molar refractivity (Wildman–Crippen MR) is 135 cm³/mol. The van der Waals surface area contributed by atoms with Gasteiger partial charge in [-0.05, 0) is 63.5 Å². The van der Waals surface area contributed by atoms with Crippen LogP contribution in [0.25, 0.3) is 0 Å². The summed E-state index contributed by atoms with van der Waals surface area (Å²) in [6, 6.07) is 15.6. The van der Waals surface area contributed by atoms with E-state index in [4.69, 9.17) is 32.7 Å². The van der Waals surface area contributed by atoms with E-state index in [1.54, 1.807) is 31.4 Å². The number of benzene rings is 3. The van der Waals surface area contributed by atoms with Crippen LogP contribution in [0.5, 0.6) is 11.5 Å². The van der Waals surface area contributed by atoms with Gasteiger partial charge in [0.2, 0.25) is 0 Å². The lowest BCUT2D eigenvalue weighted by molar-refractivity contribution is -0.384. The van der Waals surface area contributed by atoms with Gasteiger partial charge in [-0.2, -0.15) is 0 Å². The maximum atomic E-state index is 10.7. The van der Waals surface area contributed by atoms with E-state index in [1.807, 2.05) is 18.2 Å². The second-order valence-corrected chi connectivity index (χ2v) is 8.72. The number of nitrogens with one attached hydrogen (secondary N) is 2. The van der Waals surface area contributed by atoms with Crippen molar-refractivity contribution < 1.29 is 14.4 Å². The molecule has 0 spiro atoms. The summed E-state index contributed by atoms with van der Waals surface area (Å²) in [5.41, 5.74) is 2.82. The van der Waals surface area contributed by atoms with Gasteiger partial charge in [0.05, 0.1) is 26.6 Å². The van der Waals surface area contributed by atoms with Gasteiger partial charge >= 0.3 is 0 Å². The van der Waals surface area contributed by atoms with Gasteiger partial charge in [-0.3, -0.25) is 10.1 Å². The van der Waals surface area contributed by atoms with Gasteiger partial charge in [0.1, 0.15) is 6.61 Å². The molecule has 0 saturated carbocycles. The van der Waals surface area contributed by atoms with Crippen molar-refractivity contribution in [2.75, 3.05) is 25.5 Å². The first-order chi connectivity index (χ1) is 15.9. The van der Waals surface area contributed by atoms with Crippen LogP contribution in [0.4, 0.5) is 11.4 Å². The van der Waals surface area contributed by atoms with Crippen molar-refractivity contribution in [1.82, 2.24) is 5.32 Å². The van der Waals surface area contributed by atoms with E-state index in [0.29, 0.717) is 47.8 Å². The Bertz CT molecular complexity index is 1110. The van der Waals surface area contributed by atoms with Gasteiger partial charge in [0.25, 0.3) is 5.69 Å². The van der Waals surface area contributed by atoms with Crippen molar-refractivity contribution in [1.29, 1.82) is 0 Å². The van der Waals surface area contributed by atoms with Crippen molar-refractivity contribution in [3.05, 3.63) is 90.4 Å². The molecule has 0 aliphatic rings. The molecule has 0 aromatic heterocycles. The Labute approximate surface area is 210 Å². The molecule has 3 rings (SSSR count). The number of nitro groups is 1. The zero-order chi connectivity index (χ0) is 23.8. The van der Waals surface area contributed by atoms with Crippen LogP contribution >= 0.6 is 39.1 Å². The van der Waals surface area contributed by atoms with Crippen LogP contribution in [0.1, 0.15) is 11.1 Å². The van der Waals surface area contributed by atoms with E-state index in [9.17, 15) is 10.1 Å². The topological polar surface area (TPSA) is 85.7 Å². The number of nitro benzene ring substituents is 1. The zero-order valence-corrected chi connectivity index (χ0v) is 20.8. The summed E-state index contributed by atoms with van der Waals surface area (Å²) in [5.74, 6) is 1.22. The van der Waals surface area contributed by atoms with E-state index in [2.05, 4.69) is 26.6 Å². The molecule has 0 unspecified atom stereocenters. The number of ether oxygens (including phenoxy) is 2. The minimum absolute atomic E-state index is 0.0718. The molecule has 3 aromatic carbocycles. The molecule has 0 aliphatic heterocycles. The minimum Gasteiger partial charge on any atom is -0.493 e. The van der Waals surface area contributed by atoms with E-state index in [-0.39, 0.29) is 5.69 Å². The lowest BCUT2D eigenvalue weighted by Crippen LogP contribution is -2.21. The summed E-state index contributed by atoms with van der Waals surface area (Å²) in [6.07, 6.45) is 0. The molecule has 2 N–H and O–H groups in total. The Morgan fingerprint density at radius 1 is 1.00 bits per heavy atom. The first-order valence-electron chi connectivity index (χ1n) is 9.99. The summed E-state index contributed by atoms with van der Waals surface area (Å²) < 4.78 is 12.3. The molecular weight excluding hydrogens is 533 g/mol. The van der Waals surface area contributed by atoms with Gasteiger partial charge in [0.15, 0.2) is 11.5 Å². The van der Waals surface area contributed by atoms with Crippen molar-refractivity contribution in [2.45, 2.75) is 13.2 Å². The average molecular weight is 555 g/mol. The highest BCUT2D eigenvalue weighted by atomic mass is 79.9. The number of hydrogen-bond donors (Lipinski definition) is 2. The highest BCUT2D eigenvalue weighted by Gasteiger charge is 2.12. The summed E-state index contributed by atoms with van der Waals surface area (Å²) >= 11 is 15.6. The van der Waals surface area contributed by atoms with E-state index >= 15 is 0 Å². The molecule has 10 heteroatoms. The van der Waals surface area contributed by atoms with Crippen LogP contribution in [-0.4, -0.2) is 25.1 Å². The Morgan fingerprint density at radius 2 is 1.76 bits per heavy atom. The lowest BCUT2D eigenvalue weighted by atomic mass is 10.2. The third-order valence-electron chi connectivity index (χ3n) is 4.69. The Balaban J connectivity index is 1.51. The molecule has 0 aliphatic carbocycles. The smallest absolute Gasteiger partial charge is 0.269 e. The normalized spacial score (nSPS) is 10.7. The fraction of sp³-hybridized carbons (Fsp3) is 0.217. The van der Waals surface area contributed by atoms with Gasteiger partial charge in [-0.15, -0.1) is 0 Å². The number of hydrogen-bond acceptors (Lipinski definition) is 6. The van der Waals surface area contributed by atoms with Crippen LogP contribution in [0, 0.1) is 10.1 Å². The summed E-state index contributed by atoms with van der Waals surface area (Å²) in [4.78, 5) is 10.3. The minimum atomic E-state index is -0.415. The monoisotopic (exact) mass is 553 g/mol. The van der Waals surface area contributed by atoms with E-state index in [1.165, 1.54) is 12.1 Å². The van der Waals surface area contributed by atoms with E-state index < -0.39 is 4.92 Å². The molecule has 0 radical (unpaired) electrons. The summed E-state index contributed by atoms with van der Waals surface area (Å²) in [7, 11) is 1.60. The Hall–Kier alpha value is -2.52. The number of non-ortho nitro benzene ring substituents is 1. The largest absolute Gasteiger partial charge is 0.493 e. The molecule has 174 valence electrons. The van der Waals surface area contributed by atoms with Gasteiger partial charge in [-0.1, -0.05) is 29.3 Å². The fourth-order valence-electron chi connectivity index (χ4n) is 3.03. The highest BCUT2D eigenvalue weighted by molar-refractivity contribution is 9.10. The number of anilines is 1. The van der Waals surface area contributed by atoms with Crippen LogP contribution in [0.15, 0.2) is 59.1 Å². The molecule has 0 amide bonds. The molecular formula is C23H22BrCl2N3O4. The van der Waals surface area contributed by atoms with Crippen LogP contribution in [-0.2, 0) is 13.2 Å². The Kier molecular flexibility index (Phi) is 9.20. The molecule has 3 aromatic rings. The molecule has 0 saturated heterocycles. The molecule has 0 fully saturated rings. The van der Waals surface area contributed by atoms with Crippen molar-refractivity contribution in [3.63, 3.8) is 0 Å². The van der Waals surface area contributed by atoms with Gasteiger partial charge < -0.3 is 20.1 Å².